The summed E-state index contributed by atoms with van der Waals surface area (Å²) in [5.41, 5.74) is 1.95. The SMILES string of the molecule is CCOc1ccc(C)cc1C(Br)C(C)(C)S(C)(=O)=O. The maximum absolute atomic E-state index is 12.0. The summed E-state index contributed by atoms with van der Waals surface area (Å²) in [6.45, 7) is 7.88. The predicted octanol–water partition coefficient (Wildman–Crippen LogP) is 3.65. The number of sulfone groups is 1. The Morgan fingerprint density at radius 1 is 1.37 bits per heavy atom. The normalized spacial score (nSPS) is 14.2. The van der Waals surface area contributed by atoms with Crippen molar-refractivity contribution in [3.8, 4) is 5.75 Å². The van der Waals surface area contributed by atoms with Crippen LogP contribution in [-0.2, 0) is 9.84 Å². The van der Waals surface area contributed by atoms with E-state index in [1.165, 1.54) is 6.26 Å². The third-order valence-electron chi connectivity index (χ3n) is 3.30. The van der Waals surface area contributed by atoms with Crippen molar-refractivity contribution < 1.29 is 13.2 Å². The second-order valence-corrected chi connectivity index (χ2v) is 8.72. The summed E-state index contributed by atoms with van der Waals surface area (Å²) in [4.78, 5) is -0.323. The maximum Gasteiger partial charge on any atom is 0.154 e. The summed E-state index contributed by atoms with van der Waals surface area (Å²) in [6.07, 6.45) is 1.26. The van der Waals surface area contributed by atoms with Gasteiger partial charge in [-0.15, -0.1) is 0 Å². The van der Waals surface area contributed by atoms with E-state index in [9.17, 15) is 8.42 Å². The summed E-state index contributed by atoms with van der Waals surface area (Å²) < 4.78 is 28.6. The molecule has 5 heteroatoms. The molecule has 0 N–H and O–H groups in total. The van der Waals surface area contributed by atoms with Crippen molar-refractivity contribution in [1.82, 2.24) is 0 Å². The standard InChI is InChI=1S/C14H21BrO3S/c1-6-18-12-8-7-10(2)9-11(12)13(15)14(3,4)19(5,16)17/h7-9,13H,6H2,1-5H3. The van der Waals surface area contributed by atoms with Gasteiger partial charge in [-0.2, -0.15) is 0 Å². The average molecular weight is 349 g/mol. The smallest absolute Gasteiger partial charge is 0.154 e. The van der Waals surface area contributed by atoms with E-state index in [1.807, 2.05) is 32.0 Å². The number of rotatable bonds is 5. The van der Waals surface area contributed by atoms with E-state index in [2.05, 4.69) is 15.9 Å². The van der Waals surface area contributed by atoms with Crippen molar-refractivity contribution >= 4 is 25.8 Å². The molecule has 0 saturated heterocycles. The highest BCUT2D eigenvalue weighted by Crippen LogP contribution is 2.43. The molecule has 0 aliphatic carbocycles. The van der Waals surface area contributed by atoms with E-state index in [0.717, 1.165) is 16.9 Å². The van der Waals surface area contributed by atoms with Crippen LogP contribution in [0.2, 0.25) is 0 Å². The van der Waals surface area contributed by atoms with Crippen LogP contribution in [0.1, 0.15) is 36.7 Å². The molecule has 0 fully saturated rings. The van der Waals surface area contributed by atoms with Crippen LogP contribution in [0.5, 0.6) is 5.75 Å². The molecule has 1 unspecified atom stereocenters. The van der Waals surface area contributed by atoms with Crippen LogP contribution in [0.3, 0.4) is 0 Å². The first-order chi connectivity index (χ1) is 8.61. The van der Waals surface area contributed by atoms with Crippen molar-refractivity contribution in [3.63, 3.8) is 0 Å². The topological polar surface area (TPSA) is 43.4 Å². The lowest BCUT2D eigenvalue weighted by Crippen LogP contribution is -2.35. The quantitative estimate of drug-likeness (QED) is 0.762. The van der Waals surface area contributed by atoms with Gasteiger partial charge in [-0.25, -0.2) is 8.42 Å². The zero-order valence-corrected chi connectivity index (χ0v) is 14.4. The Labute approximate surface area is 124 Å². The van der Waals surface area contributed by atoms with Gasteiger partial charge >= 0.3 is 0 Å². The molecule has 0 aliphatic rings. The fraction of sp³-hybridized carbons (Fsp3) is 0.571. The lowest BCUT2D eigenvalue weighted by atomic mass is 9.99. The fourth-order valence-electron chi connectivity index (χ4n) is 1.72. The van der Waals surface area contributed by atoms with Crippen LogP contribution in [-0.4, -0.2) is 26.0 Å². The molecule has 0 spiro atoms. The van der Waals surface area contributed by atoms with Crippen molar-refractivity contribution in [3.05, 3.63) is 29.3 Å². The van der Waals surface area contributed by atoms with Crippen LogP contribution in [0, 0.1) is 6.92 Å². The monoisotopic (exact) mass is 348 g/mol. The highest BCUT2D eigenvalue weighted by atomic mass is 79.9. The first-order valence-corrected chi connectivity index (χ1v) is 8.99. The van der Waals surface area contributed by atoms with E-state index in [0.29, 0.717) is 6.61 Å². The van der Waals surface area contributed by atoms with Gasteiger partial charge in [0.15, 0.2) is 9.84 Å². The molecule has 1 aromatic rings. The number of halogens is 1. The van der Waals surface area contributed by atoms with Gasteiger partial charge < -0.3 is 4.74 Å². The van der Waals surface area contributed by atoms with Crippen LogP contribution < -0.4 is 4.74 Å². The van der Waals surface area contributed by atoms with Gasteiger partial charge in [0, 0.05) is 11.8 Å². The molecule has 0 aromatic heterocycles. The molecule has 19 heavy (non-hydrogen) atoms. The Morgan fingerprint density at radius 2 is 1.95 bits per heavy atom. The molecule has 0 amide bonds. The van der Waals surface area contributed by atoms with E-state index >= 15 is 0 Å². The molecule has 1 atom stereocenters. The Bertz CT molecular complexity index is 550. The molecule has 108 valence electrons. The van der Waals surface area contributed by atoms with Crippen LogP contribution in [0.25, 0.3) is 0 Å². The molecule has 3 nitrogen and oxygen atoms in total. The van der Waals surface area contributed by atoms with Gasteiger partial charge in [0.25, 0.3) is 0 Å². The third kappa shape index (κ3) is 3.51. The fourth-order valence-corrected chi connectivity index (χ4v) is 3.59. The lowest BCUT2D eigenvalue weighted by Gasteiger charge is -2.30. The first kappa shape index (κ1) is 16.5. The average Bonchev–Trinajstić information content (AvgIpc) is 2.29. The Morgan fingerprint density at radius 3 is 2.42 bits per heavy atom. The molecule has 1 rings (SSSR count). The molecule has 0 heterocycles. The number of ether oxygens (including phenoxy) is 1. The summed E-state index contributed by atoms with van der Waals surface area (Å²) in [7, 11) is -3.20. The molecular weight excluding hydrogens is 328 g/mol. The molecule has 1 aromatic carbocycles. The molecule has 0 saturated carbocycles. The second kappa shape index (κ2) is 5.83. The number of hydrogen-bond acceptors (Lipinski definition) is 3. The summed E-state index contributed by atoms with van der Waals surface area (Å²) in [5, 5.41) is 0. The molecule has 0 bridgehead atoms. The van der Waals surface area contributed by atoms with Gasteiger partial charge in [-0.05, 0) is 33.8 Å². The molecular formula is C14H21BrO3S. The number of aryl methyl sites for hydroxylation is 1. The minimum atomic E-state index is -3.20. The first-order valence-electron chi connectivity index (χ1n) is 6.18. The highest BCUT2D eigenvalue weighted by Gasteiger charge is 2.39. The minimum absolute atomic E-state index is 0.323. The van der Waals surface area contributed by atoms with E-state index in [-0.39, 0.29) is 4.83 Å². The van der Waals surface area contributed by atoms with Gasteiger partial charge in [-0.1, -0.05) is 33.6 Å². The van der Waals surface area contributed by atoms with E-state index < -0.39 is 14.6 Å². The van der Waals surface area contributed by atoms with Crippen molar-refractivity contribution in [1.29, 1.82) is 0 Å². The number of hydrogen-bond donors (Lipinski definition) is 0. The number of benzene rings is 1. The number of alkyl halides is 1. The van der Waals surface area contributed by atoms with Gasteiger partial charge in [0.05, 0.1) is 16.2 Å². The summed E-state index contributed by atoms with van der Waals surface area (Å²) >= 11 is 3.54. The largest absolute Gasteiger partial charge is 0.494 e. The summed E-state index contributed by atoms with van der Waals surface area (Å²) in [6, 6.07) is 5.82. The maximum atomic E-state index is 12.0. The highest BCUT2D eigenvalue weighted by molar-refractivity contribution is 9.09. The van der Waals surface area contributed by atoms with Crippen molar-refractivity contribution in [2.75, 3.05) is 12.9 Å². The van der Waals surface area contributed by atoms with Gasteiger partial charge in [0.1, 0.15) is 5.75 Å². The van der Waals surface area contributed by atoms with Gasteiger partial charge in [0.2, 0.25) is 0 Å². The zero-order valence-electron chi connectivity index (χ0n) is 12.0. The van der Waals surface area contributed by atoms with Gasteiger partial charge in [-0.3, -0.25) is 0 Å². The predicted molar refractivity (Wildman–Crippen MR) is 82.9 cm³/mol. The van der Waals surface area contributed by atoms with Crippen LogP contribution in [0.15, 0.2) is 18.2 Å². The van der Waals surface area contributed by atoms with E-state index in [1.54, 1.807) is 13.8 Å². The Hall–Kier alpha value is -0.550. The lowest BCUT2D eigenvalue weighted by molar-refractivity contribution is 0.335. The molecule has 0 radical (unpaired) electrons. The zero-order chi connectivity index (χ0) is 14.8. The minimum Gasteiger partial charge on any atom is -0.494 e. The molecule has 0 aliphatic heterocycles. The Balaban J connectivity index is 3.33. The second-order valence-electron chi connectivity index (χ2n) is 5.21. The van der Waals surface area contributed by atoms with Crippen LogP contribution in [0.4, 0.5) is 0 Å². The summed E-state index contributed by atoms with van der Waals surface area (Å²) in [5.74, 6) is 0.728. The third-order valence-corrected chi connectivity index (χ3v) is 7.39. The van der Waals surface area contributed by atoms with E-state index in [4.69, 9.17) is 4.74 Å². The van der Waals surface area contributed by atoms with Crippen LogP contribution >= 0.6 is 15.9 Å². The van der Waals surface area contributed by atoms with Crippen molar-refractivity contribution in [2.45, 2.75) is 37.3 Å². The van der Waals surface area contributed by atoms with Crippen molar-refractivity contribution in [2.24, 2.45) is 0 Å². The Kier molecular flexibility index (Phi) is 5.07.